The fourth-order valence-corrected chi connectivity index (χ4v) is 3.10. The molecular formula is C13H14BrN5O2S. The Balaban J connectivity index is 1.52. The SMILES string of the molecule is O=C(CSC1=NC2NNCC2C(=O)N1)Nc1ccc(Br)cc1. The molecule has 1 aromatic carbocycles. The van der Waals surface area contributed by atoms with Crippen LogP contribution in [-0.2, 0) is 9.59 Å². The number of carbonyl (C=O) groups is 2. The first-order valence-electron chi connectivity index (χ1n) is 6.67. The molecule has 7 nitrogen and oxygen atoms in total. The van der Waals surface area contributed by atoms with Crippen LogP contribution < -0.4 is 21.5 Å². The molecule has 2 heterocycles. The summed E-state index contributed by atoms with van der Waals surface area (Å²) >= 11 is 4.55. The quantitative estimate of drug-likeness (QED) is 0.614. The third-order valence-electron chi connectivity index (χ3n) is 3.24. The summed E-state index contributed by atoms with van der Waals surface area (Å²) in [5.41, 5.74) is 6.57. The first-order chi connectivity index (χ1) is 10.6. The van der Waals surface area contributed by atoms with Crippen LogP contribution in [0.3, 0.4) is 0 Å². The van der Waals surface area contributed by atoms with Gasteiger partial charge in [0, 0.05) is 16.7 Å². The Morgan fingerprint density at radius 3 is 2.95 bits per heavy atom. The number of amidine groups is 1. The lowest BCUT2D eigenvalue weighted by molar-refractivity contribution is -0.123. The summed E-state index contributed by atoms with van der Waals surface area (Å²) in [5, 5.41) is 5.98. The van der Waals surface area contributed by atoms with Gasteiger partial charge in [-0.15, -0.1) is 0 Å². The van der Waals surface area contributed by atoms with Gasteiger partial charge in [-0.25, -0.2) is 10.4 Å². The number of anilines is 1. The van der Waals surface area contributed by atoms with Crippen molar-refractivity contribution in [2.45, 2.75) is 6.17 Å². The van der Waals surface area contributed by atoms with E-state index in [2.05, 4.69) is 42.4 Å². The number of fused-ring (bicyclic) bond motifs is 1. The number of benzene rings is 1. The summed E-state index contributed by atoms with van der Waals surface area (Å²) in [6.07, 6.45) is -0.259. The number of hydrogen-bond donors (Lipinski definition) is 4. The second-order valence-corrected chi connectivity index (χ2v) is 6.72. The molecule has 1 fully saturated rings. The second kappa shape index (κ2) is 6.78. The number of halogens is 1. The Morgan fingerprint density at radius 1 is 1.41 bits per heavy atom. The largest absolute Gasteiger partial charge is 0.325 e. The Bertz CT molecular complexity index is 621. The number of rotatable bonds is 3. The van der Waals surface area contributed by atoms with Crippen LogP contribution in [-0.4, -0.2) is 35.4 Å². The van der Waals surface area contributed by atoms with Crippen LogP contribution in [0.5, 0.6) is 0 Å². The third kappa shape index (κ3) is 3.67. The highest BCUT2D eigenvalue weighted by atomic mass is 79.9. The second-order valence-electron chi connectivity index (χ2n) is 4.84. The standard InChI is InChI=1S/C13H14BrN5O2S/c14-7-1-3-8(4-2-7)16-10(20)6-22-13-17-11-9(5-15-19-11)12(21)18-13/h1-4,9,11,15,19H,5-6H2,(H,16,20)(H,17,18,21). The van der Waals surface area contributed by atoms with Gasteiger partial charge in [-0.1, -0.05) is 27.7 Å². The molecule has 0 spiro atoms. The van der Waals surface area contributed by atoms with Crippen molar-refractivity contribution in [3.63, 3.8) is 0 Å². The summed E-state index contributed by atoms with van der Waals surface area (Å²) in [7, 11) is 0. The van der Waals surface area contributed by atoms with Crippen LogP contribution in [0.4, 0.5) is 5.69 Å². The van der Waals surface area contributed by atoms with Gasteiger partial charge in [0.05, 0.1) is 11.7 Å². The normalized spacial score (nSPS) is 23.5. The monoisotopic (exact) mass is 383 g/mol. The highest BCUT2D eigenvalue weighted by Crippen LogP contribution is 2.18. The molecule has 2 aliphatic rings. The van der Waals surface area contributed by atoms with E-state index in [9.17, 15) is 9.59 Å². The zero-order chi connectivity index (χ0) is 15.5. The van der Waals surface area contributed by atoms with E-state index in [1.54, 1.807) is 0 Å². The number of amides is 2. The lowest BCUT2D eigenvalue weighted by atomic mass is 10.1. The predicted molar refractivity (Wildman–Crippen MR) is 89.2 cm³/mol. The fraction of sp³-hybridized carbons (Fsp3) is 0.308. The van der Waals surface area contributed by atoms with Crippen LogP contribution >= 0.6 is 27.7 Å². The van der Waals surface area contributed by atoms with E-state index in [-0.39, 0.29) is 29.7 Å². The average molecular weight is 384 g/mol. The number of nitrogens with zero attached hydrogens (tertiary/aromatic N) is 1. The number of aliphatic imine (C=N–C) groups is 1. The molecule has 0 bridgehead atoms. The molecule has 0 saturated carbocycles. The van der Waals surface area contributed by atoms with E-state index in [1.807, 2.05) is 24.3 Å². The lowest BCUT2D eigenvalue weighted by Gasteiger charge is -2.21. The van der Waals surface area contributed by atoms with Crippen molar-refractivity contribution in [2.24, 2.45) is 10.9 Å². The molecule has 0 radical (unpaired) electrons. The molecule has 4 N–H and O–H groups in total. The molecule has 116 valence electrons. The van der Waals surface area contributed by atoms with Gasteiger partial charge in [0.15, 0.2) is 5.17 Å². The van der Waals surface area contributed by atoms with E-state index in [0.717, 1.165) is 10.2 Å². The molecule has 2 aliphatic heterocycles. The van der Waals surface area contributed by atoms with Gasteiger partial charge >= 0.3 is 0 Å². The molecular weight excluding hydrogens is 370 g/mol. The van der Waals surface area contributed by atoms with Crippen molar-refractivity contribution in [3.8, 4) is 0 Å². The molecule has 22 heavy (non-hydrogen) atoms. The third-order valence-corrected chi connectivity index (χ3v) is 4.66. The maximum absolute atomic E-state index is 11.9. The number of hydrazine groups is 1. The van der Waals surface area contributed by atoms with Gasteiger partial charge < -0.3 is 10.6 Å². The number of thioether (sulfide) groups is 1. The molecule has 1 saturated heterocycles. The first kappa shape index (κ1) is 15.5. The summed E-state index contributed by atoms with van der Waals surface area (Å²) < 4.78 is 0.950. The summed E-state index contributed by atoms with van der Waals surface area (Å²) in [6.45, 7) is 0.558. The minimum atomic E-state index is -0.259. The number of hydrogen-bond acceptors (Lipinski definition) is 6. The number of nitrogens with one attached hydrogen (secondary N) is 4. The van der Waals surface area contributed by atoms with Gasteiger partial charge in [0.1, 0.15) is 6.17 Å². The van der Waals surface area contributed by atoms with Crippen molar-refractivity contribution in [3.05, 3.63) is 28.7 Å². The number of carbonyl (C=O) groups excluding carboxylic acids is 2. The summed E-state index contributed by atoms with van der Waals surface area (Å²) in [6, 6.07) is 7.33. The smallest absolute Gasteiger partial charge is 0.234 e. The Labute approximate surface area is 139 Å². The Hall–Kier alpha value is -1.42. The molecule has 0 aromatic heterocycles. The van der Waals surface area contributed by atoms with Gasteiger partial charge in [-0.05, 0) is 24.3 Å². The maximum atomic E-state index is 11.9. The topological polar surface area (TPSA) is 94.6 Å². The van der Waals surface area contributed by atoms with Gasteiger partial charge in [0.2, 0.25) is 11.8 Å². The van der Waals surface area contributed by atoms with Crippen molar-refractivity contribution in [2.75, 3.05) is 17.6 Å². The van der Waals surface area contributed by atoms with Crippen LogP contribution in [0.25, 0.3) is 0 Å². The molecule has 9 heteroatoms. The van der Waals surface area contributed by atoms with Crippen LogP contribution in [0.15, 0.2) is 33.7 Å². The van der Waals surface area contributed by atoms with E-state index in [4.69, 9.17) is 0 Å². The lowest BCUT2D eigenvalue weighted by Crippen LogP contribution is -2.46. The Kier molecular flexibility index (Phi) is 4.77. The van der Waals surface area contributed by atoms with Gasteiger partial charge in [-0.3, -0.25) is 15.0 Å². The Morgan fingerprint density at radius 2 is 2.18 bits per heavy atom. The van der Waals surface area contributed by atoms with Crippen LogP contribution in [0.2, 0.25) is 0 Å². The fourth-order valence-electron chi connectivity index (χ4n) is 2.14. The maximum Gasteiger partial charge on any atom is 0.234 e. The molecule has 2 amide bonds. The van der Waals surface area contributed by atoms with E-state index in [1.165, 1.54) is 11.8 Å². The van der Waals surface area contributed by atoms with Gasteiger partial charge in [0.25, 0.3) is 0 Å². The predicted octanol–water partition coefficient (Wildman–Crippen LogP) is 0.657. The van der Waals surface area contributed by atoms with Crippen molar-refractivity contribution < 1.29 is 9.59 Å². The minimum absolute atomic E-state index is 0.0756. The zero-order valence-corrected chi connectivity index (χ0v) is 13.8. The van der Waals surface area contributed by atoms with E-state index >= 15 is 0 Å². The first-order valence-corrected chi connectivity index (χ1v) is 8.45. The summed E-state index contributed by atoms with van der Waals surface area (Å²) in [5.74, 6) is -0.238. The molecule has 0 aliphatic carbocycles. The van der Waals surface area contributed by atoms with E-state index in [0.29, 0.717) is 11.7 Å². The highest BCUT2D eigenvalue weighted by molar-refractivity contribution is 9.10. The van der Waals surface area contributed by atoms with Crippen molar-refractivity contribution >= 4 is 50.4 Å². The van der Waals surface area contributed by atoms with Crippen LogP contribution in [0.1, 0.15) is 0 Å². The van der Waals surface area contributed by atoms with E-state index < -0.39 is 0 Å². The zero-order valence-electron chi connectivity index (χ0n) is 11.4. The minimum Gasteiger partial charge on any atom is -0.325 e. The molecule has 2 unspecified atom stereocenters. The van der Waals surface area contributed by atoms with Crippen molar-refractivity contribution in [1.29, 1.82) is 0 Å². The molecule has 3 rings (SSSR count). The van der Waals surface area contributed by atoms with Crippen molar-refractivity contribution in [1.82, 2.24) is 16.2 Å². The molecule has 1 aromatic rings. The highest BCUT2D eigenvalue weighted by Gasteiger charge is 2.36. The van der Waals surface area contributed by atoms with Gasteiger partial charge in [-0.2, -0.15) is 0 Å². The molecule has 2 atom stereocenters. The summed E-state index contributed by atoms with van der Waals surface area (Å²) in [4.78, 5) is 28.1. The average Bonchev–Trinajstić information content (AvgIpc) is 2.97. The van der Waals surface area contributed by atoms with Crippen LogP contribution in [0, 0.1) is 5.92 Å².